The first-order valence-electron chi connectivity index (χ1n) is 18.5. The molecule has 2 saturated heterocycles. The molecule has 4 bridgehead atoms. The lowest BCUT2D eigenvalue weighted by molar-refractivity contribution is -0.168. The molecule has 2 fully saturated rings. The van der Waals surface area contributed by atoms with E-state index in [1.54, 1.807) is 36.4 Å². The molecule has 4 aliphatic rings. The van der Waals surface area contributed by atoms with E-state index in [9.17, 15) is 45.5 Å². The second kappa shape index (κ2) is 16.4. The van der Waals surface area contributed by atoms with Crippen molar-refractivity contribution in [3.05, 3.63) is 72.8 Å². The predicted octanol–water partition coefficient (Wildman–Crippen LogP) is 6.30. The molecule has 2 N–H and O–H groups in total. The van der Waals surface area contributed by atoms with Crippen LogP contribution in [0.15, 0.2) is 61.2 Å². The largest absolute Gasteiger partial charge is 0.391 e. The lowest BCUT2D eigenvalue weighted by atomic mass is 10.0. The van der Waals surface area contributed by atoms with Gasteiger partial charge in [0.05, 0.1) is 48.2 Å². The fourth-order valence-electron chi connectivity index (χ4n) is 7.08. The van der Waals surface area contributed by atoms with Crippen molar-refractivity contribution in [2.24, 2.45) is 5.92 Å². The monoisotopic (exact) mass is 826 g/mol. The Balaban J connectivity index is 0.000000179. The van der Waals surface area contributed by atoms with Crippen molar-refractivity contribution in [2.45, 2.75) is 63.5 Å². The van der Waals surface area contributed by atoms with Gasteiger partial charge in [0.25, 0.3) is 0 Å². The van der Waals surface area contributed by atoms with E-state index in [4.69, 9.17) is 0 Å². The number of alkyl halides is 6. The average Bonchev–Trinajstić information content (AvgIpc) is 3.82. The summed E-state index contributed by atoms with van der Waals surface area (Å²) >= 11 is 0. The Morgan fingerprint density at radius 1 is 0.712 bits per heavy atom. The van der Waals surface area contributed by atoms with Crippen molar-refractivity contribution in [2.75, 3.05) is 56.4 Å². The lowest BCUT2D eigenvalue weighted by Crippen LogP contribution is -2.48. The van der Waals surface area contributed by atoms with E-state index in [1.165, 1.54) is 34.6 Å². The Morgan fingerprint density at radius 2 is 1.19 bits per heavy atom. The Labute approximate surface area is 332 Å². The number of ketones is 2. The van der Waals surface area contributed by atoms with E-state index in [1.807, 2.05) is 9.80 Å². The second-order valence-electron chi connectivity index (χ2n) is 14.2. The van der Waals surface area contributed by atoms with Crippen LogP contribution in [0.1, 0.15) is 60.3 Å². The summed E-state index contributed by atoms with van der Waals surface area (Å²) in [5, 5.41) is 5.39. The predicted molar refractivity (Wildman–Crippen MR) is 201 cm³/mol. The SMILES string of the molecule is C[C@@H](CC(=O)c1ncc2c(n1)N(C(=O)Nc1ccccn1)[C@H]1CCN2C1)C(F)(F)F.O=C(CCC(F)(F)F)c1ncc2c(n1)N(C(=O)Nc1ccccn1)[C@H]1CCN2C1. The topological polar surface area (TPSA) is 183 Å². The van der Waals surface area contributed by atoms with Gasteiger partial charge >= 0.3 is 24.4 Å². The number of halogens is 6. The number of carbonyl (C=O) groups excluding carboxylic acids is 4. The van der Waals surface area contributed by atoms with Crippen LogP contribution in [-0.2, 0) is 0 Å². The molecule has 59 heavy (non-hydrogen) atoms. The zero-order valence-electron chi connectivity index (χ0n) is 31.2. The summed E-state index contributed by atoms with van der Waals surface area (Å²) in [5.41, 5.74) is 1.14. The highest BCUT2D eigenvalue weighted by Crippen LogP contribution is 2.40. The first-order chi connectivity index (χ1) is 28.1. The second-order valence-corrected chi connectivity index (χ2v) is 14.2. The van der Waals surface area contributed by atoms with Gasteiger partial charge in [0.15, 0.2) is 29.1 Å². The van der Waals surface area contributed by atoms with E-state index < -0.39 is 61.2 Å². The highest BCUT2D eigenvalue weighted by molar-refractivity contribution is 6.05. The molecule has 8 rings (SSSR count). The number of urea groups is 2. The van der Waals surface area contributed by atoms with Gasteiger partial charge in [0, 0.05) is 51.4 Å². The van der Waals surface area contributed by atoms with Gasteiger partial charge in [-0.3, -0.25) is 30.0 Å². The number of nitrogens with zero attached hydrogens (tertiary/aromatic N) is 10. The molecule has 4 aliphatic heterocycles. The summed E-state index contributed by atoms with van der Waals surface area (Å²) in [4.78, 5) is 81.7. The zero-order chi connectivity index (χ0) is 42.1. The molecular formula is C37H36F6N12O4. The molecule has 0 radical (unpaired) electrons. The number of amides is 4. The summed E-state index contributed by atoms with van der Waals surface area (Å²) in [6.07, 6.45) is -4.40. The maximum atomic E-state index is 13.0. The fourth-order valence-corrected chi connectivity index (χ4v) is 7.08. The minimum Gasteiger partial charge on any atom is -0.365 e. The van der Waals surface area contributed by atoms with Crippen LogP contribution in [0.25, 0.3) is 0 Å². The number of rotatable bonds is 8. The summed E-state index contributed by atoms with van der Waals surface area (Å²) < 4.78 is 75.7. The summed E-state index contributed by atoms with van der Waals surface area (Å²) in [7, 11) is 0. The van der Waals surface area contributed by atoms with Crippen LogP contribution in [-0.4, -0.2) is 104 Å². The van der Waals surface area contributed by atoms with E-state index >= 15 is 0 Å². The Hall–Kier alpha value is -6.48. The molecule has 16 nitrogen and oxygen atoms in total. The number of hydrogen-bond acceptors (Lipinski definition) is 12. The third-order valence-electron chi connectivity index (χ3n) is 10.1. The first-order valence-corrected chi connectivity index (χ1v) is 18.5. The van der Waals surface area contributed by atoms with Crippen LogP contribution in [0.5, 0.6) is 0 Å². The number of pyridine rings is 2. The maximum Gasteiger partial charge on any atom is 0.391 e. The Morgan fingerprint density at radius 3 is 1.61 bits per heavy atom. The van der Waals surface area contributed by atoms with Gasteiger partial charge < -0.3 is 9.80 Å². The van der Waals surface area contributed by atoms with Crippen molar-refractivity contribution >= 4 is 58.3 Å². The van der Waals surface area contributed by atoms with E-state index in [0.29, 0.717) is 62.0 Å². The fraction of sp³-hybridized carbons (Fsp3) is 0.405. The summed E-state index contributed by atoms with van der Waals surface area (Å²) in [6.45, 7) is 3.50. The highest BCUT2D eigenvalue weighted by Gasteiger charge is 2.43. The van der Waals surface area contributed by atoms with Crippen molar-refractivity contribution in [3.63, 3.8) is 0 Å². The van der Waals surface area contributed by atoms with Crippen LogP contribution >= 0.6 is 0 Å². The minimum atomic E-state index is -4.48. The molecule has 8 heterocycles. The quantitative estimate of drug-likeness (QED) is 0.150. The summed E-state index contributed by atoms with van der Waals surface area (Å²) in [6, 6.07) is 8.88. The van der Waals surface area contributed by atoms with Crippen molar-refractivity contribution in [3.8, 4) is 0 Å². The van der Waals surface area contributed by atoms with Crippen LogP contribution in [0.2, 0.25) is 0 Å². The summed E-state index contributed by atoms with van der Waals surface area (Å²) in [5.74, 6) is -2.96. The molecular weight excluding hydrogens is 790 g/mol. The number of nitrogens with one attached hydrogen (secondary N) is 2. The number of Topliss-reactive ketones (excluding diaryl/α,β-unsaturated/α-hetero) is 2. The molecule has 4 aromatic rings. The molecule has 0 aliphatic carbocycles. The third-order valence-corrected chi connectivity index (χ3v) is 10.1. The molecule has 310 valence electrons. The van der Waals surface area contributed by atoms with Gasteiger partial charge in [-0.1, -0.05) is 19.1 Å². The van der Waals surface area contributed by atoms with Gasteiger partial charge in [-0.15, -0.1) is 0 Å². The molecule has 4 amide bonds. The number of anilines is 6. The van der Waals surface area contributed by atoms with Crippen LogP contribution < -0.4 is 30.2 Å². The zero-order valence-corrected chi connectivity index (χ0v) is 31.2. The molecule has 0 saturated carbocycles. The normalized spacial score (nSPS) is 18.3. The van der Waals surface area contributed by atoms with E-state index in [2.05, 4.69) is 40.5 Å². The number of carbonyl (C=O) groups is 4. The van der Waals surface area contributed by atoms with Crippen LogP contribution in [0, 0.1) is 5.92 Å². The third kappa shape index (κ3) is 9.15. The molecule has 0 unspecified atom stereocenters. The van der Waals surface area contributed by atoms with Crippen LogP contribution in [0.4, 0.5) is 70.6 Å². The van der Waals surface area contributed by atoms with Crippen LogP contribution in [0.3, 0.4) is 0 Å². The standard InChI is InChI=1S/C19H19F3N6O2.C18H17F3N6O2/c1-11(19(20,21)22)8-14(29)16-24-9-13-17(26-16)28(12-5-7-27(13)10-12)18(30)25-15-4-2-3-6-23-15;19-18(20,21)6-4-13(28)15-23-9-12-16(25-15)27(11-5-8-26(12)10-11)17(29)24-14-3-1-2-7-22-14/h2-4,6,9,11-12H,5,7-8,10H2,1H3,(H,23,25,30);1-3,7,9,11H,4-6,8,10H2,(H,22,24,29)/t11-,12-;11-/m00/s1. The van der Waals surface area contributed by atoms with Crippen molar-refractivity contribution in [1.29, 1.82) is 0 Å². The van der Waals surface area contributed by atoms with Gasteiger partial charge in [0.1, 0.15) is 11.6 Å². The Kier molecular flexibility index (Phi) is 11.3. The van der Waals surface area contributed by atoms with Gasteiger partial charge in [-0.05, 0) is 37.1 Å². The lowest BCUT2D eigenvalue weighted by Gasteiger charge is -2.35. The minimum absolute atomic E-state index is 0.167. The number of aromatic nitrogens is 6. The number of fused-ring (bicyclic) bond motifs is 8. The maximum absolute atomic E-state index is 13.0. The van der Waals surface area contributed by atoms with Gasteiger partial charge in [0.2, 0.25) is 5.78 Å². The molecule has 3 atom stereocenters. The molecule has 0 aromatic carbocycles. The first kappa shape index (κ1) is 40.7. The van der Waals surface area contributed by atoms with E-state index in [0.717, 1.165) is 6.92 Å². The molecule has 22 heteroatoms. The van der Waals surface area contributed by atoms with E-state index in [-0.39, 0.29) is 35.4 Å². The smallest absolute Gasteiger partial charge is 0.365 e. The van der Waals surface area contributed by atoms with Gasteiger partial charge in [-0.25, -0.2) is 39.5 Å². The van der Waals surface area contributed by atoms with Crippen molar-refractivity contribution < 1.29 is 45.5 Å². The molecule has 4 aromatic heterocycles. The average molecular weight is 827 g/mol. The Bertz CT molecular complexity index is 2220. The number of hydrogen-bond donors (Lipinski definition) is 2. The van der Waals surface area contributed by atoms with Gasteiger partial charge in [-0.2, -0.15) is 26.3 Å². The van der Waals surface area contributed by atoms with Crippen molar-refractivity contribution in [1.82, 2.24) is 29.9 Å². The molecule has 0 spiro atoms. The highest BCUT2D eigenvalue weighted by atomic mass is 19.4.